The summed E-state index contributed by atoms with van der Waals surface area (Å²) in [5.41, 5.74) is 1.11. The van der Waals surface area contributed by atoms with Gasteiger partial charge in [0, 0.05) is 38.1 Å². The molecule has 1 aromatic heterocycles. The highest BCUT2D eigenvalue weighted by Crippen LogP contribution is 2.18. The molecule has 0 radical (unpaired) electrons. The molecule has 2 rings (SSSR count). The molecule has 1 saturated heterocycles. The van der Waals surface area contributed by atoms with E-state index in [4.69, 9.17) is 0 Å². The van der Waals surface area contributed by atoms with Crippen LogP contribution in [-0.4, -0.2) is 47.3 Å². The maximum absolute atomic E-state index is 4.44. The number of nitrogens with zero attached hydrogens (tertiary/aromatic N) is 3. The van der Waals surface area contributed by atoms with Crippen molar-refractivity contribution in [1.82, 2.24) is 20.2 Å². The van der Waals surface area contributed by atoms with Gasteiger partial charge in [-0.3, -0.25) is 9.88 Å². The normalized spacial score (nSPS) is 18.5. The molecule has 0 bridgehead atoms. The lowest BCUT2D eigenvalue weighted by atomic mass is 10.1. The number of thioether (sulfide) groups is 1. The number of piperidine rings is 1. The molecule has 1 fully saturated rings. The summed E-state index contributed by atoms with van der Waals surface area (Å²) in [6.45, 7) is 3.23. The van der Waals surface area contributed by atoms with Crippen molar-refractivity contribution >= 4 is 11.8 Å². The SMILES string of the molecule is CNC1CCN(Cc2nccnc2SC)CC1. The summed E-state index contributed by atoms with van der Waals surface area (Å²) in [6, 6.07) is 0.688. The van der Waals surface area contributed by atoms with Gasteiger partial charge in [0.05, 0.1) is 5.69 Å². The van der Waals surface area contributed by atoms with Gasteiger partial charge in [0.2, 0.25) is 0 Å². The fourth-order valence-electron chi connectivity index (χ4n) is 2.22. The van der Waals surface area contributed by atoms with Crippen LogP contribution in [0.4, 0.5) is 0 Å². The maximum Gasteiger partial charge on any atom is 0.119 e. The van der Waals surface area contributed by atoms with Crippen molar-refractivity contribution in [3.05, 3.63) is 18.1 Å². The zero-order valence-corrected chi connectivity index (χ0v) is 11.3. The van der Waals surface area contributed by atoms with Crippen molar-refractivity contribution in [3.8, 4) is 0 Å². The van der Waals surface area contributed by atoms with Gasteiger partial charge in [-0.05, 0) is 26.1 Å². The molecule has 4 nitrogen and oxygen atoms in total. The number of aromatic nitrogens is 2. The molecule has 0 saturated carbocycles. The highest BCUT2D eigenvalue weighted by molar-refractivity contribution is 7.98. The molecule has 5 heteroatoms. The quantitative estimate of drug-likeness (QED) is 0.820. The lowest BCUT2D eigenvalue weighted by molar-refractivity contribution is 0.191. The summed E-state index contributed by atoms with van der Waals surface area (Å²) in [4.78, 5) is 11.3. The van der Waals surface area contributed by atoms with Crippen LogP contribution in [0.5, 0.6) is 0 Å². The molecule has 0 aliphatic carbocycles. The first kappa shape index (κ1) is 12.8. The second-order valence-electron chi connectivity index (χ2n) is 4.35. The van der Waals surface area contributed by atoms with E-state index in [1.807, 2.05) is 0 Å². The van der Waals surface area contributed by atoms with Crippen molar-refractivity contribution in [2.24, 2.45) is 0 Å². The van der Waals surface area contributed by atoms with E-state index in [2.05, 4.69) is 33.5 Å². The molecule has 0 atom stereocenters. The topological polar surface area (TPSA) is 41.0 Å². The molecule has 94 valence electrons. The molecule has 1 aliphatic rings. The van der Waals surface area contributed by atoms with Crippen molar-refractivity contribution in [2.75, 3.05) is 26.4 Å². The Bertz CT molecular complexity index is 350. The minimum Gasteiger partial charge on any atom is -0.317 e. The Morgan fingerprint density at radius 1 is 1.35 bits per heavy atom. The minimum atomic E-state index is 0.688. The summed E-state index contributed by atoms with van der Waals surface area (Å²) in [6.07, 6.45) is 8.06. The molecule has 0 amide bonds. The van der Waals surface area contributed by atoms with Gasteiger partial charge in [-0.15, -0.1) is 11.8 Å². The van der Waals surface area contributed by atoms with Gasteiger partial charge in [-0.1, -0.05) is 0 Å². The van der Waals surface area contributed by atoms with Crippen LogP contribution in [0.15, 0.2) is 17.4 Å². The highest BCUT2D eigenvalue weighted by Gasteiger charge is 2.19. The number of hydrogen-bond acceptors (Lipinski definition) is 5. The molecule has 0 spiro atoms. The second-order valence-corrected chi connectivity index (χ2v) is 5.15. The van der Waals surface area contributed by atoms with Gasteiger partial charge in [0.15, 0.2) is 0 Å². The third-order valence-corrected chi connectivity index (χ3v) is 4.03. The predicted octanol–water partition coefficient (Wildman–Crippen LogP) is 1.38. The molecule has 2 heterocycles. The summed E-state index contributed by atoms with van der Waals surface area (Å²) in [5.74, 6) is 0. The van der Waals surface area contributed by atoms with E-state index in [1.54, 1.807) is 24.2 Å². The van der Waals surface area contributed by atoms with Crippen molar-refractivity contribution in [2.45, 2.75) is 30.5 Å². The summed E-state index contributed by atoms with van der Waals surface area (Å²) < 4.78 is 0. The highest BCUT2D eigenvalue weighted by atomic mass is 32.2. The Labute approximate surface area is 107 Å². The lowest BCUT2D eigenvalue weighted by Crippen LogP contribution is -2.40. The van der Waals surface area contributed by atoms with Crippen molar-refractivity contribution in [3.63, 3.8) is 0 Å². The van der Waals surface area contributed by atoms with E-state index in [0.29, 0.717) is 6.04 Å². The van der Waals surface area contributed by atoms with E-state index >= 15 is 0 Å². The van der Waals surface area contributed by atoms with E-state index in [9.17, 15) is 0 Å². The Morgan fingerprint density at radius 3 is 2.71 bits per heavy atom. The Kier molecular flexibility index (Phi) is 4.76. The van der Waals surface area contributed by atoms with Crippen LogP contribution >= 0.6 is 11.8 Å². The molecule has 0 unspecified atom stereocenters. The zero-order chi connectivity index (χ0) is 12.1. The van der Waals surface area contributed by atoms with Crippen LogP contribution in [0.3, 0.4) is 0 Å². The predicted molar refractivity (Wildman–Crippen MR) is 71.2 cm³/mol. The van der Waals surface area contributed by atoms with E-state index in [0.717, 1.165) is 30.4 Å². The molecule has 1 aliphatic heterocycles. The van der Waals surface area contributed by atoms with Crippen LogP contribution in [0.1, 0.15) is 18.5 Å². The van der Waals surface area contributed by atoms with Crippen LogP contribution in [0.25, 0.3) is 0 Å². The molecular formula is C12H20N4S. The minimum absolute atomic E-state index is 0.688. The van der Waals surface area contributed by atoms with Crippen LogP contribution in [0.2, 0.25) is 0 Å². The monoisotopic (exact) mass is 252 g/mol. The number of hydrogen-bond donors (Lipinski definition) is 1. The maximum atomic E-state index is 4.44. The average molecular weight is 252 g/mol. The first-order valence-corrected chi connectivity index (χ1v) is 7.29. The third kappa shape index (κ3) is 3.40. The number of likely N-dealkylation sites (tertiary alicyclic amines) is 1. The lowest BCUT2D eigenvalue weighted by Gasteiger charge is -2.31. The Balaban J connectivity index is 1.93. The van der Waals surface area contributed by atoms with E-state index in [1.165, 1.54) is 12.8 Å². The van der Waals surface area contributed by atoms with E-state index in [-0.39, 0.29) is 0 Å². The van der Waals surface area contributed by atoms with Crippen LogP contribution in [-0.2, 0) is 6.54 Å². The largest absolute Gasteiger partial charge is 0.317 e. The molecule has 17 heavy (non-hydrogen) atoms. The Morgan fingerprint density at radius 2 is 2.06 bits per heavy atom. The first-order valence-electron chi connectivity index (χ1n) is 6.07. The van der Waals surface area contributed by atoms with Gasteiger partial charge in [0.1, 0.15) is 5.03 Å². The smallest absolute Gasteiger partial charge is 0.119 e. The second kappa shape index (κ2) is 6.33. The standard InChI is InChI=1S/C12H20N4S/c1-13-10-3-7-16(8-4-10)9-11-12(17-2)15-6-5-14-11/h5-6,10,13H,3-4,7-9H2,1-2H3. The fourth-order valence-corrected chi connectivity index (χ4v) is 2.74. The number of rotatable bonds is 4. The van der Waals surface area contributed by atoms with E-state index < -0.39 is 0 Å². The summed E-state index contributed by atoms with van der Waals surface area (Å²) >= 11 is 1.68. The molecular weight excluding hydrogens is 232 g/mol. The third-order valence-electron chi connectivity index (χ3n) is 3.30. The first-order chi connectivity index (χ1) is 8.33. The van der Waals surface area contributed by atoms with Gasteiger partial charge in [0.25, 0.3) is 0 Å². The number of nitrogens with one attached hydrogen (secondary N) is 1. The molecule has 0 aromatic carbocycles. The average Bonchev–Trinajstić information content (AvgIpc) is 2.40. The summed E-state index contributed by atoms with van der Waals surface area (Å²) in [7, 11) is 2.05. The summed E-state index contributed by atoms with van der Waals surface area (Å²) in [5, 5.41) is 4.41. The van der Waals surface area contributed by atoms with Crippen molar-refractivity contribution in [1.29, 1.82) is 0 Å². The van der Waals surface area contributed by atoms with Crippen LogP contribution < -0.4 is 5.32 Å². The van der Waals surface area contributed by atoms with Gasteiger partial charge < -0.3 is 5.32 Å². The zero-order valence-electron chi connectivity index (χ0n) is 10.5. The van der Waals surface area contributed by atoms with Gasteiger partial charge in [-0.2, -0.15) is 0 Å². The molecule has 1 aromatic rings. The fraction of sp³-hybridized carbons (Fsp3) is 0.667. The van der Waals surface area contributed by atoms with Crippen molar-refractivity contribution < 1.29 is 0 Å². The van der Waals surface area contributed by atoms with Crippen LogP contribution in [0, 0.1) is 0 Å². The Hall–Kier alpha value is -0.650. The molecule has 1 N–H and O–H groups in total. The van der Waals surface area contributed by atoms with Gasteiger partial charge in [-0.25, -0.2) is 4.98 Å². The van der Waals surface area contributed by atoms with Gasteiger partial charge >= 0.3 is 0 Å².